The maximum Gasteiger partial charge on any atom is 0.326 e. The molecule has 0 saturated heterocycles. The fourth-order valence-electron chi connectivity index (χ4n) is 2.53. The predicted molar refractivity (Wildman–Crippen MR) is 80.4 cm³/mol. The van der Waals surface area contributed by atoms with Crippen molar-refractivity contribution < 1.29 is 24.2 Å². The summed E-state index contributed by atoms with van der Waals surface area (Å²) in [6, 6.07) is 3.85. The first-order valence-corrected chi connectivity index (χ1v) is 7.34. The van der Waals surface area contributed by atoms with Crippen molar-refractivity contribution in [3.8, 4) is 5.75 Å². The van der Waals surface area contributed by atoms with E-state index in [4.69, 9.17) is 4.74 Å². The zero-order valence-electron chi connectivity index (χ0n) is 12.7. The van der Waals surface area contributed by atoms with Gasteiger partial charge in [-0.3, -0.25) is 14.5 Å². The molecule has 6 heteroatoms. The number of carbonyl (C=O) groups excluding carboxylic acids is 2. The molecule has 0 fully saturated rings. The number of nitrogens with zero attached hydrogens (tertiary/aromatic N) is 1. The number of amides is 1. The van der Waals surface area contributed by atoms with Gasteiger partial charge in [-0.1, -0.05) is 13.8 Å². The SMILES string of the molecule is CCCC(=O)c1ccc2c(c1)N(C(CC)C(=O)O)C(=O)CO2. The highest BCUT2D eigenvalue weighted by molar-refractivity contribution is 6.04. The number of ketones is 1. The molecule has 0 spiro atoms. The highest BCUT2D eigenvalue weighted by atomic mass is 16.5. The molecular formula is C16H19NO5. The van der Waals surface area contributed by atoms with E-state index in [0.29, 0.717) is 23.4 Å². The van der Waals surface area contributed by atoms with Crippen molar-refractivity contribution in [2.75, 3.05) is 11.5 Å². The summed E-state index contributed by atoms with van der Waals surface area (Å²) in [5, 5.41) is 9.33. The lowest BCUT2D eigenvalue weighted by atomic mass is 10.0. The Morgan fingerprint density at radius 1 is 1.36 bits per heavy atom. The second-order valence-corrected chi connectivity index (χ2v) is 5.17. The molecule has 0 bridgehead atoms. The van der Waals surface area contributed by atoms with Gasteiger partial charge < -0.3 is 9.84 Å². The van der Waals surface area contributed by atoms with Crippen molar-refractivity contribution >= 4 is 23.3 Å². The molecule has 1 aromatic rings. The van der Waals surface area contributed by atoms with Crippen molar-refractivity contribution in [2.45, 2.75) is 39.2 Å². The van der Waals surface area contributed by atoms with Crippen LogP contribution in [0.5, 0.6) is 5.75 Å². The largest absolute Gasteiger partial charge is 0.482 e. The molecule has 1 unspecified atom stereocenters. The monoisotopic (exact) mass is 305 g/mol. The molecule has 1 N–H and O–H groups in total. The van der Waals surface area contributed by atoms with Gasteiger partial charge in [-0.25, -0.2) is 4.79 Å². The highest BCUT2D eigenvalue weighted by Gasteiger charge is 2.35. The minimum Gasteiger partial charge on any atom is -0.482 e. The predicted octanol–water partition coefficient (Wildman–Crippen LogP) is 2.26. The Morgan fingerprint density at radius 3 is 2.68 bits per heavy atom. The van der Waals surface area contributed by atoms with Gasteiger partial charge in [0.2, 0.25) is 0 Å². The first kappa shape index (κ1) is 16.0. The van der Waals surface area contributed by atoms with E-state index in [0.717, 1.165) is 6.42 Å². The van der Waals surface area contributed by atoms with Gasteiger partial charge in [0, 0.05) is 12.0 Å². The summed E-state index contributed by atoms with van der Waals surface area (Å²) in [5.41, 5.74) is 0.816. The van der Waals surface area contributed by atoms with E-state index in [1.165, 1.54) is 4.90 Å². The molecule has 2 rings (SSSR count). The van der Waals surface area contributed by atoms with Gasteiger partial charge in [0.1, 0.15) is 11.8 Å². The minimum absolute atomic E-state index is 0.0355. The lowest BCUT2D eigenvalue weighted by molar-refractivity contribution is -0.140. The third kappa shape index (κ3) is 2.95. The van der Waals surface area contributed by atoms with Crippen LogP contribution in [-0.2, 0) is 9.59 Å². The van der Waals surface area contributed by atoms with Gasteiger partial charge in [0.25, 0.3) is 5.91 Å². The quantitative estimate of drug-likeness (QED) is 0.815. The van der Waals surface area contributed by atoms with E-state index in [2.05, 4.69) is 0 Å². The number of carboxylic acids is 1. The number of anilines is 1. The molecular weight excluding hydrogens is 286 g/mol. The summed E-state index contributed by atoms with van der Waals surface area (Å²) in [6.07, 6.45) is 1.40. The number of benzene rings is 1. The molecule has 1 amide bonds. The van der Waals surface area contributed by atoms with E-state index >= 15 is 0 Å². The Labute approximate surface area is 128 Å². The summed E-state index contributed by atoms with van der Waals surface area (Å²) in [6.45, 7) is 3.42. The summed E-state index contributed by atoms with van der Waals surface area (Å²) < 4.78 is 5.34. The Bertz CT molecular complexity index is 611. The number of fused-ring (bicyclic) bond motifs is 1. The van der Waals surface area contributed by atoms with Crippen LogP contribution in [0.3, 0.4) is 0 Å². The molecule has 1 aliphatic rings. The molecule has 1 atom stereocenters. The normalized spacial score (nSPS) is 15.0. The molecule has 118 valence electrons. The van der Waals surface area contributed by atoms with Gasteiger partial charge in [-0.05, 0) is 31.0 Å². The zero-order valence-corrected chi connectivity index (χ0v) is 12.7. The third-order valence-electron chi connectivity index (χ3n) is 3.62. The van der Waals surface area contributed by atoms with E-state index in [1.54, 1.807) is 25.1 Å². The van der Waals surface area contributed by atoms with Gasteiger partial charge in [-0.2, -0.15) is 0 Å². The van der Waals surface area contributed by atoms with Crippen molar-refractivity contribution in [1.29, 1.82) is 0 Å². The fraction of sp³-hybridized carbons (Fsp3) is 0.438. The molecule has 0 aromatic heterocycles. The van der Waals surface area contributed by atoms with Crippen LogP contribution in [0.25, 0.3) is 0 Å². The van der Waals surface area contributed by atoms with Crippen LogP contribution < -0.4 is 9.64 Å². The number of ether oxygens (including phenoxy) is 1. The topological polar surface area (TPSA) is 83.9 Å². The van der Waals surface area contributed by atoms with E-state index in [9.17, 15) is 19.5 Å². The Morgan fingerprint density at radius 2 is 2.09 bits per heavy atom. The summed E-state index contributed by atoms with van der Waals surface area (Å²) in [4.78, 5) is 36.8. The fourth-order valence-corrected chi connectivity index (χ4v) is 2.53. The first-order valence-electron chi connectivity index (χ1n) is 7.34. The molecule has 1 heterocycles. The molecule has 0 aliphatic carbocycles. The highest BCUT2D eigenvalue weighted by Crippen LogP contribution is 2.35. The molecule has 0 radical (unpaired) electrons. The van der Waals surface area contributed by atoms with Crippen LogP contribution in [0.2, 0.25) is 0 Å². The standard InChI is InChI=1S/C16H19NO5/c1-3-5-13(18)10-6-7-14-12(8-10)17(15(19)9-22-14)11(4-2)16(20)21/h6-8,11H,3-5,9H2,1-2H3,(H,20,21). The van der Waals surface area contributed by atoms with Crippen LogP contribution in [0.4, 0.5) is 5.69 Å². The van der Waals surface area contributed by atoms with Crippen molar-refractivity contribution in [3.05, 3.63) is 23.8 Å². The molecule has 1 aromatic carbocycles. The maximum absolute atomic E-state index is 12.1. The number of aliphatic carboxylic acids is 1. The lowest BCUT2D eigenvalue weighted by Gasteiger charge is -2.33. The van der Waals surface area contributed by atoms with Crippen LogP contribution in [0.1, 0.15) is 43.5 Å². The summed E-state index contributed by atoms with van der Waals surface area (Å²) in [7, 11) is 0. The average Bonchev–Trinajstić information content (AvgIpc) is 2.49. The van der Waals surface area contributed by atoms with Crippen molar-refractivity contribution in [2.24, 2.45) is 0 Å². The smallest absolute Gasteiger partial charge is 0.326 e. The second kappa shape index (κ2) is 6.60. The summed E-state index contributed by atoms with van der Waals surface area (Å²) in [5.74, 6) is -1.10. The molecule has 6 nitrogen and oxygen atoms in total. The van der Waals surface area contributed by atoms with E-state index < -0.39 is 17.9 Å². The first-order chi connectivity index (χ1) is 10.5. The number of carbonyl (C=O) groups is 3. The van der Waals surface area contributed by atoms with E-state index in [1.807, 2.05) is 6.92 Å². The lowest BCUT2D eigenvalue weighted by Crippen LogP contribution is -2.49. The van der Waals surface area contributed by atoms with Gasteiger partial charge in [0.15, 0.2) is 12.4 Å². The third-order valence-corrected chi connectivity index (χ3v) is 3.62. The van der Waals surface area contributed by atoms with Gasteiger partial charge in [-0.15, -0.1) is 0 Å². The van der Waals surface area contributed by atoms with Crippen LogP contribution in [-0.4, -0.2) is 35.4 Å². The minimum atomic E-state index is -1.08. The number of rotatable bonds is 6. The average molecular weight is 305 g/mol. The van der Waals surface area contributed by atoms with Crippen molar-refractivity contribution in [3.63, 3.8) is 0 Å². The number of Topliss-reactive ketones (excluding diaryl/α,β-unsaturated/α-hetero) is 1. The zero-order chi connectivity index (χ0) is 16.3. The Hall–Kier alpha value is -2.37. The molecule has 0 saturated carbocycles. The Balaban J connectivity index is 2.47. The van der Waals surface area contributed by atoms with Gasteiger partial charge in [0.05, 0.1) is 5.69 Å². The maximum atomic E-state index is 12.1. The number of carboxylic acid groups (broad SMARTS) is 1. The van der Waals surface area contributed by atoms with E-state index in [-0.39, 0.29) is 18.8 Å². The second-order valence-electron chi connectivity index (χ2n) is 5.17. The Kier molecular flexibility index (Phi) is 4.80. The number of hydrogen-bond acceptors (Lipinski definition) is 4. The summed E-state index contributed by atoms with van der Waals surface area (Å²) >= 11 is 0. The van der Waals surface area contributed by atoms with Crippen molar-refractivity contribution in [1.82, 2.24) is 0 Å². The van der Waals surface area contributed by atoms with Crippen LogP contribution >= 0.6 is 0 Å². The van der Waals surface area contributed by atoms with Crippen LogP contribution in [0.15, 0.2) is 18.2 Å². The van der Waals surface area contributed by atoms with Gasteiger partial charge >= 0.3 is 5.97 Å². The van der Waals surface area contributed by atoms with Crippen LogP contribution in [0, 0.1) is 0 Å². The molecule has 1 aliphatic heterocycles. The molecule has 22 heavy (non-hydrogen) atoms. The number of hydrogen-bond donors (Lipinski definition) is 1.